The average molecular weight is 523 g/mol. The molecule has 0 aliphatic carbocycles. The number of fused-ring (bicyclic) bond motifs is 1. The maximum atomic E-state index is 13.4. The van der Waals surface area contributed by atoms with Crippen molar-refractivity contribution in [2.24, 2.45) is 0 Å². The first-order valence-electron chi connectivity index (χ1n) is 13.9. The summed E-state index contributed by atoms with van der Waals surface area (Å²) in [6.45, 7) is 5.51. The lowest BCUT2D eigenvalue weighted by Crippen LogP contribution is -2.40. The zero-order valence-electron chi connectivity index (χ0n) is 22.1. The number of carbonyl (C=O) groups excluding carboxylic acids is 2. The topological polar surface area (TPSA) is 73.9 Å². The minimum absolute atomic E-state index is 0.0432. The van der Waals surface area contributed by atoms with E-state index in [9.17, 15) is 9.59 Å². The average Bonchev–Trinajstić information content (AvgIpc) is 3.32. The number of nitrogens with one attached hydrogen (secondary N) is 2. The van der Waals surface area contributed by atoms with Gasteiger partial charge in [0, 0.05) is 42.1 Å². The quantitative estimate of drug-likeness (QED) is 0.442. The molecule has 0 unspecified atom stereocenters. The number of piperidine rings is 1. The molecule has 7 heteroatoms. The Balaban J connectivity index is 1.33. The van der Waals surface area contributed by atoms with Gasteiger partial charge >= 0.3 is 0 Å². The molecule has 3 heterocycles. The molecule has 2 N–H and O–H groups in total. The van der Waals surface area contributed by atoms with Crippen LogP contribution in [0.4, 0.5) is 11.4 Å². The molecule has 6 rings (SSSR count). The zero-order chi connectivity index (χ0) is 26.6. The van der Waals surface area contributed by atoms with Crippen LogP contribution >= 0.6 is 0 Å². The highest BCUT2D eigenvalue weighted by Crippen LogP contribution is 2.38. The van der Waals surface area contributed by atoms with E-state index >= 15 is 0 Å². The van der Waals surface area contributed by atoms with E-state index < -0.39 is 0 Å². The number of nitrogens with zero attached hydrogens (tertiary/aromatic N) is 2. The van der Waals surface area contributed by atoms with Gasteiger partial charge in [-0.1, -0.05) is 48.9 Å². The molecule has 0 radical (unpaired) electrons. The highest BCUT2D eigenvalue weighted by atomic mass is 16.5. The summed E-state index contributed by atoms with van der Waals surface area (Å²) in [5.41, 5.74) is 6.35. The number of carbonyl (C=O) groups is 2. The van der Waals surface area contributed by atoms with Crippen LogP contribution in [0.2, 0.25) is 0 Å². The normalized spacial score (nSPS) is 18.9. The molecule has 3 aromatic rings. The van der Waals surface area contributed by atoms with Gasteiger partial charge in [-0.3, -0.25) is 14.5 Å². The number of hydrogen-bond acceptors (Lipinski definition) is 5. The summed E-state index contributed by atoms with van der Waals surface area (Å²) in [5.74, 6) is -0.229. The first kappa shape index (κ1) is 25.3. The Morgan fingerprint density at radius 1 is 0.846 bits per heavy atom. The molecule has 2 saturated heterocycles. The second-order valence-electron chi connectivity index (χ2n) is 10.4. The molecule has 2 amide bonds. The van der Waals surface area contributed by atoms with Crippen LogP contribution in [0.25, 0.3) is 11.3 Å². The minimum atomic E-state index is -0.186. The van der Waals surface area contributed by atoms with E-state index in [2.05, 4.69) is 39.8 Å². The third-order valence-electron chi connectivity index (χ3n) is 7.70. The summed E-state index contributed by atoms with van der Waals surface area (Å²) >= 11 is 0. The summed E-state index contributed by atoms with van der Waals surface area (Å²) in [6, 6.07) is 23.8. The van der Waals surface area contributed by atoms with Gasteiger partial charge in [0.15, 0.2) is 0 Å². The first-order valence-corrected chi connectivity index (χ1v) is 13.9. The van der Waals surface area contributed by atoms with E-state index in [4.69, 9.17) is 4.74 Å². The van der Waals surface area contributed by atoms with Crippen LogP contribution < -0.4 is 10.6 Å². The second-order valence-corrected chi connectivity index (χ2v) is 10.4. The molecule has 0 atom stereocenters. The SMILES string of the molecule is O=C1Nc2ccc(C(=O)N3CCOCC3)cc2C1=C(Nc1ccc(CN2CCCCC2)cc1)c1ccccc1. The molecule has 2 fully saturated rings. The summed E-state index contributed by atoms with van der Waals surface area (Å²) in [6.07, 6.45) is 3.88. The molecule has 7 nitrogen and oxygen atoms in total. The van der Waals surface area contributed by atoms with Crippen molar-refractivity contribution in [3.63, 3.8) is 0 Å². The minimum Gasteiger partial charge on any atom is -0.378 e. The standard InChI is InChI=1S/C32H34N4O3/c37-31-29(27-21-25(11-14-28(27)34-31)32(38)36-17-19-39-20-18-36)30(24-7-3-1-4-8-24)33-26-12-9-23(10-13-26)22-35-15-5-2-6-16-35/h1,3-4,7-14,21,33H,2,5-6,15-20,22H2,(H,34,37). The number of benzene rings is 3. The molecule has 0 spiro atoms. The van der Waals surface area contributed by atoms with Crippen LogP contribution in [-0.4, -0.2) is 61.0 Å². The molecule has 39 heavy (non-hydrogen) atoms. The van der Waals surface area contributed by atoms with Gasteiger partial charge in [-0.25, -0.2) is 0 Å². The van der Waals surface area contributed by atoms with Gasteiger partial charge in [-0.15, -0.1) is 0 Å². The number of hydrogen-bond donors (Lipinski definition) is 2. The zero-order valence-corrected chi connectivity index (χ0v) is 22.1. The fraction of sp³-hybridized carbons (Fsp3) is 0.312. The molecule has 3 aliphatic rings. The number of likely N-dealkylation sites (tertiary alicyclic amines) is 1. The fourth-order valence-electron chi connectivity index (χ4n) is 5.59. The van der Waals surface area contributed by atoms with E-state index in [-0.39, 0.29) is 11.8 Å². The number of anilines is 2. The van der Waals surface area contributed by atoms with Gasteiger partial charge < -0.3 is 20.3 Å². The number of ether oxygens (including phenoxy) is 1. The molecule has 3 aliphatic heterocycles. The summed E-state index contributed by atoms with van der Waals surface area (Å²) in [4.78, 5) is 30.9. The van der Waals surface area contributed by atoms with Crippen molar-refractivity contribution in [1.29, 1.82) is 0 Å². The number of morpholine rings is 1. The molecular weight excluding hydrogens is 488 g/mol. The highest BCUT2D eigenvalue weighted by molar-refractivity contribution is 6.37. The predicted molar refractivity (Wildman–Crippen MR) is 154 cm³/mol. The second kappa shape index (κ2) is 11.4. The van der Waals surface area contributed by atoms with Crippen LogP contribution in [0.5, 0.6) is 0 Å². The molecule has 0 bridgehead atoms. The Morgan fingerprint density at radius 2 is 1.59 bits per heavy atom. The van der Waals surface area contributed by atoms with Crippen molar-refractivity contribution in [2.45, 2.75) is 25.8 Å². The van der Waals surface area contributed by atoms with E-state index in [0.29, 0.717) is 48.8 Å². The van der Waals surface area contributed by atoms with Crippen molar-refractivity contribution in [3.8, 4) is 0 Å². The van der Waals surface area contributed by atoms with E-state index in [1.54, 1.807) is 11.0 Å². The Bertz CT molecular complexity index is 1370. The smallest absolute Gasteiger partial charge is 0.258 e. The number of amides is 2. The van der Waals surface area contributed by atoms with Crippen LogP contribution in [0, 0.1) is 0 Å². The van der Waals surface area contributed by atoms with Gasteiger partial charge in [-0.2, -0.15) is 0 Å². The number of rotatable bonds is 6. The third kappa shape index (κ3) is 5.60. The maximum Gasteiger partial charge on any atom is 0.258 e. The van der Waals surface area contributed by atoms with Gasteiger partial charge in [0.05, 0.1) is 24.5 Å². The van der Waals surface area contributed by atoms with Crippen LogP contribution in [0.3, 0.4) is 0 Å². The Labute approximate surface area is 229 Å². The summed E-state index contributed by atoms with van der Waals surface area (Å²) in [5, 5.41) is 6.54. The maximum absolute atomic E-state index is 13.4. The van der Waals surface area contributed by atoms with Crippen molar-refractivity contribution >= 4 is 34.5 Å². The first-order chi connectivity index (χ1) is 19.2. The lowest BCUT2D eigenvalue weighted by atomic mass is 9.98. The van der Waals surface area contributed by atoms with Crippen molar-refractivity contribution < 1.29 is 14.3 Å². The van der Waals surface area contributed by atoms with Crippen LogP contribution in [0.15, 0.2) is 72.8 Å². The van der Waals surface area contributed by atoms with Gasteiger partial charge in [0.25, 0.3) is 11.8 Å². The Hall–Kier alpha value is -3.94. The fourth-order valence-corrected chi connectivity index (χ4v) is 5.59. The van der Waals surface area contributed by atoms with Crippen molar-refractivity contribution in [3.05, 3.63) is 95.1 Å². The van der Waals surface area contributed by atoms with Crippen molar-refractivity contribution in [2.75, 3.05) is 50.0 Å². The van der Waals surface area contributed by atoms with E-state index in [0.717, 1.165) is 36.4 Å². The summed E-state index contributed by atoms with van der Waals surface area (Å²) in [7, 11) is 0. The van der Waals surface area contributed by atoms with Gasteiger partial charge in [0.2, 0.25) is 0 Å². The molecule has 0 aromatic heterocycles. The lowest BCUT2D eigenvalue weighted by molar-refractivity contribution is -0.110. The molecular formula is C32H34N4O3. The Kier molecular flexibility index (Phi) is 7.43. The van der Waals surface area contributed by atoms with Gasteiger partial charge in [0.1, 0.15) is 0 Å². The molecule has 0 saturated carbocycles. The Morgan fingerprint density at radius 3 is 2.33 bits per heavy atom. The molecule has 200 valence electrons. The monoisotopic (exact) mass is 522 g/mol. The summed E-state index contributed by atoms with van der Waals surface area (Å²) < 4.78 is 5.41. The van der Waals surface area contributed by atoms with E-state index in [1.807, 2.05) is 42.5 Å². The lowest BCUT2D eigenvalue weighted by Gasteiger charge is -2.27. The van der Waals surface area contributed by atoms with Crippen LogP contribution in [-0.2, 0) is 16.1 Å². The predicted octanol–water partition coefficient (Wildman–Crippen LogP) is 5.08. The van der Waals surface area contributed by atoms with E-state index in [1.165, 1.54) is 24.8 Å². The van der Waals surface area contributed by atoms with Crippen LogP contribution in [0.1, 0.15) is 46.3 Å². The van der Waals surface area contributed by atoms with Crippen molar-refractivity contribution in [1.82, 2.24) is 9.80 Å². The third-order valence-corrected chi connectivity index (χ3v) is 7.70. The van der Waals surface area contributed by atoms with Gasteiger partial charge in [-0.05, 0) is 67.4 Å². The largest absolute Gasteiger partial charge is 0.378 e. The molecule has 3 aromatic carbocycles. The highest BCUT2D eigenvalue weighted by Gasteiger charge is 2.30.